The average molecular weight is 331 g/mol. The van der Waals surface area contributed by atoms with Crippen LogP contribution in [0.4, 0.5) is 0 Å². The molecule has 4 nitrogen and oxygen atoms in total. The van der Waals surface area contributed by atoms with Gasteiger partial charge in [-0.3, -0.25) is 4.99 Å². The second-order valence-electron chi connectivity index (χ2n) is 6.28. The minimum atomic E-state index is 0.519. The smallest absolute Gasteiger partial charge is 0.188 e. The number of aliphatic imine (C=N–C) groups is 1. The van der Waals surface area contributed by atoms with E-state index in [4.69, 9.17) is 5.73 Å². The Morgan fingerprint density at radius 3 is 2.78 bits per heavy atom. The van der Waals surface area contributed by atoms with E-state index in [1.54, 1.807) is 11.3 Å². The van der Waals surface area contributed by atoms with Gasteiger partial charge in [-0.2, -0.15) is 0 Å². The molecular formula is C18H26N4S. The number of aryl methyl sites for hydroxylation is 1. The maximum atomic E-state index is 6.02. The van der Waals surface area contributed by atoms with Crippen LogP contribution >= 0.6 is 11.3 Å². The van der Waals surface area contributed by atoms with Crippen LogP contribution in [-0.4, -0.2) is 23.5 Å². The fourth-order valence-electron chi connectivity index (χ4n) is 3.14. The van der Waals surface area contributed by atoms with Crippen LogP contribution in [-0.2, 0) is 6.42 Å². The second kappa shape index (κ2) is 8.29. The molecular weight excluding hydrogens is 304 g/mol. The van der Waals surface area contributed by atoms with Gasteiger partial charge in [0.15, 0.2) is 5.96 Å². The van der Waals surface area contributed by atoms with Crippen molar-refractivity contribution in [2.75, 3.05) is 6.54 Å². The third kappa shape index (κ3) is 4.93. The summed E-state index contributed by atoms with van der Waals surface area (Å²) in [5.74, 6) is 0.612. The highest BCUT2D eigenvalue weighted by molar-refractivity contribution is 7.18. The fraction of sp³-hybridized carbons (Fsp3) is 0.556. The molecule has 1 saturated carbocycles. The number of hydrogen-bond donors (Lipinski definition) is 2. The maximum absolute atomic E-state index is 6.02. The number of guanidine groups is 1. The third-order valence-corrected chi connectivity index (χ3v) is 5.47. The molecule has 0 aliphatic heterocycles. The number of nitrogens with zero attached hydrogens (tertiary/aromatic N) is 2. The van der Waals surface area contributed by atoms with E-state index in [9.17, 15) is 0 Å². The molecule has 23 heavy (non-hydrogen) atoms. The van der Waals surface area contributed by atoms with Crippen LogP contribution < -0.4 is 11.1 Å². The molecule has 2 aromatic rings. The Kier molecular flexibility index (Phi) is 5.86. The highest BCUT2D eigenvalue weighted by atomic mass is 32.1. The largest absolute Gasteiger partial charge is 0.370 e. The topological polar surface area (TPSA) is 63.3 Å². The number of rotatable bonds is 5. The molecule has 1 aromatic carbocycles. The summed E-state index contributed by atoms with van der Waals surface area (Å²) >= 11 is 1.78. The molecule has 3 N–H and O–H groups in total. The molecule has 1 aromatic heterocycles. The summed E-state index contributed by atoms with van der Waals surface area (Å²) in [5, 5.41) is 4.59. The molecule has 1 aliphatic carbocycles. The quantitative estimate of drug-likeness (QED) is 0.379. The van der Waals surface area contributed by atoms with E-state index in [0.717, 1.165) is 24.9 Å². The molecule has 0 bridgehead atoms. The summed E-state index contributed by atoms with van der Waals surface area (Å²) in [5.41, 5.74) is 7.12. The first-order valence-corrected chi connectivity index (χ1v) is 9.54. The summed E-state index contributed by atoms with van der Waals surface area (Å²) in [4.78, 5) is 9.13. The minimum Gasteiger partial charge on any atom is -0.370 e. The zero-order valence-electron chi connectivity index (χ0n) is 13.6. The molecule has 0 spiro atoms. The predicted molar refractivity (Wildman–Crippen MR) is 99.1 cm³/mol. The highest BCUT2D eigenvalue weighted by Gasteiger charge is 2.12. The van der Waals surface area contributed by atoms with Crippen molar-refractivity contribution < 1.29 is 0 Å². The Balaban J connectivity index is 1.42. The molecule has 0 amide bonds. The second-order valence-corrected chi connectivity index (χ2v) is 7.39. The number of para-hydroxylation sites is 1. The SMILES string of the molecule is NC(=NCCCc1nc2ccccc2s1)NC1CCCCCC1. The summed E-state index contributed by atoms with van der Waals surface area (Å²) in [7, 11) is 0. The van der Waals surface area contributed by atoms with E-state index in [1.165, 1.54) is 48.2 Å². The number of nitrogens with two attached hydrogens (primary N) is 1. The Hall–Kier alpha value is -1.62. The van der Waals surface area contributed by atoms with Crippen molar-refractivity contribution in [2.24, 2.45) is 10.7 Å². The first kappa shape index (κ1) is 16.2. The number of nitrogens with one attached hydrogen (secondary N) is 1. The molecule has 1 fully saturated rings. The van der Waals surface area contributed by atoms with Crippen LogP contribution in [0.25, 0.3) is 10.2 Å². The lowest BCUT2D eigenvalue weighted by atomic mass is 10.1. The number of fused-ring (bicyclic) bond motifs is 1. The van der Waals surface area contributed by atoms with Gasteiger partial charge in [0.25, 0.3) is 0 Å². The average Bonchev–Trinajstić information content (AvgIpc) is 2.80. The number of aromatic nitrogens is 1. The van der Waals surface area contributed by atoms with Crippen LogP contribution in [0.5, 0.6) is 0 Å². The minimum absolute atomic E-state index is 0.519. The third-order valence-electron chi connectivity index (χ3n) is 4.38. The van der Waals surface area contributed by atoms with E-state index in [-0.39, 0.29) is 0 Å². The summed E-state index contributed by atoms with van der Waals surface area (Å²) < 4.78 is 1.26. The Bertz CT molecular complexity index is 608. The Morgan fingerprint density at radius 2 is 2.00 bits per heavy atom. The van der Waals surface area contributed by atoms with Gasteiger partial charge in [-0.15, -0.1) is 11.3 Å². The van der Waals surface area contributed by atoms with E-state index >= 15 is 0 Å². The number of thiazole rings is 1. The molecule has 1 heterocycles. The normalized spacial score (nSPS) is 17.3. The Morgan fingerprint density at radius 1 is 1.22 bits per heavy atom. The van der Waals surface area contributed by atoms with Crippen molar-refractivity contribution in [2.45, 2.75) is 57.4 Å². The lowest BCUT2D eigenvalue weighted by Crippen LogP contribution is -2.39. The molecule has 0 atom stereocenters. The predicted octanol–water partition coefficient (Wildman–Crippen LogP) is 3.86. The van der Waals surface area contributed by atoms with E-state index in [2.05, 4.69) is 33.5 Å². The lowest BCUT2D eigenvalue weighted by Gasteiger charge is -2.16. The molecule has 5 heteroatoms. The van der Waals surface area contributed by atoms with Crippen molar-refractivity contribution in [3.8, 4) is 0 Å². The Labute approximate surface area is 142 Å². The van der Waals surface area contributed by atoms with Gasteiger partial charge in [-0.25, -0.2) is 4.98 Å². The van der Waals surface area contributed by atoms with E-state index in [0.29, 0.717) is 12.0 Å². The van der Waals surface area contributed by atoms with Crippen molar-refractivity contribution in [1.29, 1.82) is 0 Å². The van der Waals surface area contributed by atoms with Gasteiger partial charge in [0.05, 0.1) is 15.2 Å². The van der Waals surface area contributed by atoms with Crippen molar-refractivity contribution in [3.63, 3.8) is 0 Å². The van der Waals surface area contributed by atoms with Crippen LogP contribution in [0.1, 0.15) is 50.0 Å². The van der Waals surface area contributed by atoms with Gasteiger partial charge in [-0.05, 0) is 31.4 Å². The first-order chi connectivity index (χ1) is 11.3. The van der Waals surface area contributed by atoms with Gasteiger partial charge in [0, 0.05) is 19.0 Å². The zero-order valence-corrected chi connectivity index (χ0v) is 14.4. The van der Waals surface area contributed by atoms with Crippen molar-refractivity contribution in [3.05, 3.63) is 29.3 Å². The number of hydrogen-bond acceptors (Lipinski definition) is 3. The molecule has 0 saturated heterocycles. The van der Waals surface area contributed by atoms with Crippen LogP contribution in [0.2, 0.25) is 0 Å². The molecule has 0 radical (unpaired) electrons. The van der Waals surface area contributed by atoms with Gasteiger partial charge in [-0.1, -0.05) is 37.8 Å². The van der Waals surface area contributed by atoms with Crippen LogP contribution in [0, 0.1) is 0 Å². The molecule has 124 valence electrons. The van der Waals surface area contributed by atoms with Crippen molar-refractivity contribution >= 4 is 27.5 Å². The van der Waals surface area contributed by atoms with Gasteiger partial charge >= 0.3 is 0 Å². The molecule has 0 unspecified atom stereocenters. The summed E-state index contributed by atoms with van der Waals surface area (Å²) in [6, 6.07) is 8.82. The van der Waals surface area contributed by atoms with Gasteiger partial charge in [0.2, 0.25) is 0 Å². The zero-order chi connectivity index (χ0) is 15.9. The lowest BCUT2D eigenvalue weighted by molar-refractivity contribution is 0.530. The van der Waals surface area contributed by atoms with E-state index in [1.807, 2.05) is 6.07 Å². The molecule has 1 aliphatic rings. The van der Waals surface area contributed by atoms with E-state index < -0.39 is 0 Å². The fourth-order valence-corrected chi connectivity index (χ4v) is 4.14. The van der Waals surface area contributed by atoms with Gasteiger partial charge in [0.1, 0.15) is 0 Å². The standard InChI is InChI=1S/C18H26N4S/c19-18(21-14-8-3-1-2-4-9-14)20-13-7-12-17-22-15-10-5-6-11-16(15)23-17/h5-6,10-11,14H,1-4,7-9,12-13H2,(H3,19,20,21). The summed E-state index contributed by atoms with van der Waals surface area (Å²) in [6.45, 7) is 0.765. The number of benzene rings is 1. The van der Waals surface area contributed by atoms with Crippen LogP contribution in [0.15, 0.2) is 29.3 Å². The monoisotopic (exact) mass is 330 g/mol. The van der Waals surface area contributed by atoms with Gasteiger partial charge < -0.3 is 11.1 Å². The summed E-state index contributed by atoms with van der Waals surface area (Å²) in [6.07, 6.45) is 9.75. The maximum Gasteiger partial charge on any atom is 0.188 e. The van der Waals surface area contributed by atoms with Crippen molar-refractivity contribution in [1.82, 2.24) is 10.3 Å². The highest BCUT2D eigenvalue weighted by Crippen LogP contribution is 2.22. The first-order valence-electron chi connectivity index (χ1n) is 8.72. The molecule has 3 rings (SSSR count). The van der Waals surface area contributed by atoms with Crippen LogP contribution in [0.3, 0.4) is 0 Å².